The number of fused-ring (bicyclic) bond motifs is 2. The van der Waals surface area contributed by atoms with Crippen molar-refractivity contribution in [3.63, 3.8) is 0 Å². The number of hydrogen-bond acceptors (Lipinski definition) is 4. The van der Waals surface area contributed by atoms with E-state index in [0.717, 1.165) is 18.4 Å². The molecule has 0 aromatic carbocycles. The zero-order valence-electron chi connectivity index (χ0n) is 8.79. The van der Waals surface area contributed by atoms with E-state index in [0.29, 0.717) is 5.70 Å². The zero-order valence-corrected chi connectivity index (χ0v) is 9.54. The zero-order chi connectivity index (χ0) is 11.7. The molecule has 6 heteroatoms. The summed E-state index contributed by atoms with van der Waals surface area (Å²) in [7, 11) is 1.47. The summed E-state index contributed by atoms with van der Waals surface area (Å²) in [6.45, 7) is 0. The Morgan fingerprint density at radius 2 is 2.44 bits per heavy atom. The molecule has 2 aliphatic rings. The second-order valence-electron chi connectivity index (χ2n) is 3.96. The third-order valence-corrected chi connectivity index (χ3v) is 3.67. The molecule has 1 amide bonds. The van der Waals surface area contributed by atoms with Crippen molar-refractivity contribution in [1.29, 1.82) is 5.26 Å². The fourth-order valence-electron chi connectivity index (χ4n) is 2.29. The SMILES string of the molecule is CNC(=O)ONC1=C2CC(CC2C#N)C1Cl. The average Bonchev–Trinajstić information content (AvgIpc) is 2.84. The minimum Gasteiger partial charge on any atom is -0.325 e. The second-order valence-corrected chi connectivity index (χ2v) is 4.43. The number of carbonyl (C=O) groups is 1. The van der Waals surface area contributed by atoms with Gasteiger partial charge in [-0.15, -0.1) is 11.6 Å². The Labute approximate surface area is 98.3 Å². The molecule has 0 aliphatic heterocycles. The highest BCUT2D eigenvalue weighted by atomic mass is 35.5. The molecule has 0 aromatic rings. The van der Waals surface area contributed by atoms with Crippen LogP contribution in [0.2, 0.25) is 0 Å². The van der Waals surface area contributed by atoms with Crippen LogP contribution >= 0.6 is 11.6 Å². The first-order valence-corrected chi connectivity index (χ1v) is 5.52. The van der Waals surface area contributed by atoms with Gasteiger partial charge in [-0.2, -0.15) is 5.26 Å². The lowest BCUT2D eigenvalue weighted by Crippen LogP contribution is -2.32. The molecule has 0 heterocycles. The molecule has 0 aromatic heterocycles. The number of hydrogen-bond donors (Lipinski definition) is 2. The molecule has 1 fully saturated rings. The van der Waals surface area contributed by atoms with Crippen molar-refractivity contribution in [1.82, 2.24) is 10.8 Å². The number of amides is 1. The van der Waals surface area contributed by atoms with E-state index >= 15 is 0 Å². The maximum Gasteiger partial charge on any atom is 0.431 e. The number of allylic oxidation sites excluding steroid dienone is 2. The highest BCUT2D eigenvalue weighted by Crippen LogP contribution is 2.49. The van der Waals surface area contributed by atoms with Crippen molar-refractivity contribution in [3.8, 4) is 6.07 Å². The molecule has 2 rings (SSSR count). The smallest absolute Gasteiger partial charge is 0.325 e. The van der Waals surface area contributed by atoms with Crippen LogP contribution in [0.15, 0.2) is 11.3 Å². The molecule has 86 valence electrons. The van der Waals surface area contributed by atoms with E-state index in [2.05, 4.69) is 16.9 Å². The van der Waals surface area contributed by atoms with Crippen LogP contribution in [0.4, 0.5) is 4.79 Å². The topological polar surface area (TPSA) is 74.2 Å². The predicted octanol–water partition coefficient (Wildman–Crippen LogP) is 1.27. The number of hydroxylamine groups is 1. The van der Waals surface area contributed by atoms with Gasteiger partial charge in [0, 0.05) is 7.05 Å². The van der Waals surface area contributed by atoms with Crippen LogP contribution in [0, 0.1) is 23.2 Å². The van der Waals surface area contributed by atoms with Gasteiger partial charge in [-0.1, -0.05) is 0 Å². The van der Waals surface area contributed by atoms with E-state index < -0.39 is 6.09 Å². The number of halogens is 1. The van der Waals surface area contributed by atoms with Gasteiger partial charge in [-0.05, 0) is 24.3 Å². The predicted molar refractivity (Wildman–Crippen MR) is 57.2 cm³/mol. The number of nitriles is 1. The Hall–Kier alpha value is -1.41. The number of nitrogens with one attached hydrogen (secondary N) is 2. The van der Waals surface area contributed by atoms with Gasteiger partial charge >= 0.3 is 6.09 Å². The van der Waals surface area contributed by atoms with Crippen molar-refractivity contribution in [2.75, 3.05) is 7.05 Å². The number of nitrogens with zero attached hydrogens (tertiary/aromatic N) is 1. The number of alkyl halides is 1. The van der Waals surface area contributed by atoms with Crippen molar-refractivity contribution in [3.05, 3.63) is 11.3 Å². The highest BCUT2D eigenvalue weighted by Gasteiger charge is 2.44. The van der Waals surface area contributed by atoms with Crippen molar-refractivity contribution < 1.29 is 9.63 Å². The van der Waals surface area contributed by atoms with Crippen molar-refractivity contribution >= 4 is 17.7 Å². The van der Waals surface area contributed by atoms with E-state index in [9.17, 15) is 4.79 Å². The van der Waals surface area contributed by atoms with Crippen LogP contribution in [-0.2, 0) is 4.84 Å². The van der Waals surface area contributed by atoms with E-state index in [1.165, 1.54) is 7.05 Å². The molecule has 2 aliphatic carbocycles. The maximum absolute atomic E-state index is 10.9. The minimum atomic E-state index is -0.576. The summed E-state index contributed by atoms with van der Waals surface area (Å²) in [5.41, 5.74) is 4.23. The Morgan fingerprint density at radius 1 is 1.69 bits per heavy atom. The first-order valence-electron chi connectivity index (χ1n) is 5.08. The lowest BCUT2D eigenvalue weighted by atomic mass is 9.95. The first-order chi connectivity index (χ1) is 7.67. The normalized spacial score (nSPS) is 31.2. The third-order valence-electron chi connectivity index (χ3n) is 3.09. The van der Waals surface area contributed by atoms with Crippen molar-refractivity contribution in [2.45, 2.75) is 18.2 Å². The van der Waals surface area contributed by atoms with Gasteiger partial charge in [0.2, 0.25) is 0 Å². The molecule has 1 saturated carbocycles. The summed E-state index contributed by atoms with van der Waals surface area (Å²) < 4.78 is 0. The Kier molecular flexibility index (Phi) is 2.92. The molecule has 3 atom stereocenters. The van der Waals surface area contributed by atoms with Crippen LogP contribution in [0.25, 0.3) is 0 Å². The summed E-state index contributed by atoms with van der Waals surface area (Å²) in [6, 6.07) is 2.23. The van der Waals surface area contributed by atoms with Crippen molar-refractivity contribution in [2.24, 2.45) is 11.8 Å². The van der Waals surface area contributed by atoms with Gasteiger partial charge in [0.15, 0.2) is 0 Å². The van der Waals surface area contributed by atoms with E-state index in [1.807, 2.05) is 0 Å². The van der Waals surface area contributed by atoms with Gasteiger partial charge in [-0.3, -0.25) is 0 Å². The molecule has 5 nitrogen and oxygen atoms in total. The summed E-state index contributed by atoms with van der Waals surface area (Å²) in [6.07, 6.45) is 1.06. The number of rotatable bonds is 2. The largest absolute Gasteiger partial charge is 0.431 e. The van der Waals surface area contributed by atoms with Gasteiger partial charge in [0.25, 0.3) is 0 Å². The summed E-state index contributed by atoms with van der Waals surface area (Å²) >= 11 is 6.18. The molecule has 0 spiro atoms. The molecule has 2 bridgehead atoms. The van der Waals surface area contributed by atoms with Crippen LogP contribution < -0.4 is 10.8 Å². The van der Waals surface area contributed by atoms with Crippen LogP contribution in [0.1, 0.15) is 12.8 Å². The van der Waals surface area contributed by atoms with Gasteiger partial charge in [0.05, 0.1) is 23.1 Å². The van der Waals surface area contributed by atoms with Crippen LogP contribution in [-0.4, -0.2) is 18.5 Å². The quantitative estimate of drug-likeness (QED) is 0.564. The van der Waals surface area contributed by atoms with E-state index in [4.69, 9.17) is 21.7 Å². The van der Waals surface area contributed by atoms with Gasteiger partial charge < -0.3 is 10.2 Å². The number of carbonyl (C=O) groups excluding carboxylic acids is 1. The van der Waals surface area contributed by atoms with Crippen LogP contribution in [0.3, 0.4) is 0 Å². The molecule has 0 saturated heterocycles. The summed E-state index contributed by atoms with van der Waals surface area (Å²) in [4.78, 5) is 15.6. The molecule has 2 N–H and O–H groups in total. The Bertz CT molecular complexity index is 388. The summed E-state index contributed by atoms with van der Waals surface area (Å²) in [5.74, 6) is 0.202. The lowest BCUT2D eigenvalue weighted by molar-refractivity contribution is 0.105. The first kappa shape index (κ1) is 11.1. The Morgan fingerprint density at radius 3 is 3.00 bits per heavy atom. The van der Waals surface area contributed by atoms with Gasteiger partial charge in [-0.25, -0.2) is 10.3 Å². The maximum atomic E-state index is 10.9. The summed E-state index contributed by atoms with van der Waals surface area (Å²) in [5, 5.41) is 11.1. The van der Waals surface area contributed by atoms with Crippen LogP contribution in [0.5, 0.6) is 0 Å². The molecular formula is C10H12ClN3O2. The average molecular weight is 242 g/mol. The highest BCUT2D eigenvalue weighted by molar-refractivity contribution is 6.23. The second kappa shape index (κ2) is 4.22. The standard InChI is InChI=1S/C10H12ClN3O2/c1-13-10(15)16-14-9-7-3-5(8(9)11)2-6(7)4-12/h5-6,8,14H,2-3H2,1H3,(H,13,15). The molecule has 0 radical (unpaired) electrons. The fraction of sp³-hybridized carbons (Fsp3) is 0.600. The minimum absolute atomic E-state index is 0.0872. The molecule has 3 unspecified atom stereocenters. The Balaban J connectivity index is 2.08. The molecule has 16 heavy (non-hydrogen) atoms. The monoisotopic (exact) mass is 241 g/mol. The fourth-order valence-corrected chi connectivity index (χ4v) is 2.67. The van der Waals surface area contributed by atoms with Gasteiger partial charge in [0.1, 0.15) is 0 Å². The third kappa shape index (κ3) is 1.69. The van der Waals surface area contributed by atoms with E-state index in [-0.39, 0.29) is 17.2 Å². The lowest BCUT2D eigenvalue weighted by Gasteiger charge is -2.21. The van der Waals surface area contributed by atoms with E-state index in [1.54, 1.807) is 0 Å². The molecular weight excluding hydrogens is 230 g/mol.